The van der Waals surface area contributed by atoms with Gasteiger partial charge in [-0.25, -0.2) is 13.2 Å². The van der Waals surface area contributed by atoms with Gasteiger partial charge in [-0.05, 0) is 6.07 Å². The fraction of sp³-hybridized carbons (Fsp3) is 0.417. The average molecular weight is 337 g/mol. The fourth-order valence-electron chi connectivity index (χ4n) is 1.72. The van der Waals surface area contributed by atoms with Crippen molar-refractivity contribution >= 4 is 25.7 Å². The van der Waals surface area contributed by atoms with Crippen LogP contribution in [0.4, 0.5) is 0 Å². The molecule has 0 spiro atoms. The van der Waals surface area contributed by atoms with Crippen molar-refractivity contribution in [1.29, 1.82) is 0 Å². The maximum atomic E-state index is 12.1. The molecule has 21 heavy (non-hydrogen) atoms. The van der Waals surface area contributed by atoms with Gasteiger partial charge < -0.3 is 18.9 Å². The second kappa shape index (κ2) is 6.08. The lowest BCUT2D eigenvalue weighted by Crippen LogP contribution is -2.37. The quantitative estimate of drug-likeness (QED) is 0.589. The molecule has 0 amide bonds. The van der Waals surface area contributed by atoms with Crippen molar-refractivity contribution in [3.63, 3.8) is 0 Å². The first-order chi connectivity index (χ1) is 9.86. The van der Waals surface area contributed by atoms with Crippen molar-refractivity contribution in [1.82, 2.24) is 0 Å². The van der Waals surface area contributed by atoms with Gasteiger partial charge in [-0.2, -0.15) is 0 Å². The first-order valence-electron chi connectivity index (χ1n) is 5.86. The maximum absolute atomic E-state index is 12.1. The molecule has 1 aliphatic rings. The lowest BCUT2D eigenvalue weighted by Gasteiger charge is -2.26. The Bertz CT molecular complexity index is 652. The number of benzene rings is 1. The van der Waals surface area contributed by atoms with Crippen LogP contribution in [-0.4, -0.2) is 47.9 Å². The van der Waals surface area contributed by atoms with E-state index in [0.717, 1.165) is 6.07 Å². The van der Waals surface area contributed by atoms with Crippen LogP contribution in [0.5, 0.6) is 11.5 Å². The Balaban J connectivity index is 2.45. The number of carbonyl (C=O) groups excluding carboxylic acids is 1. The van der Waals surface area contributed by atoms with E-state index in [1.54, 1.807) is 0 Å². The van der Waals surface area contributed by atoms with Crippen molar-refractivity contribution in [2.75, 3.05) is 27.4 Å². The third-order valence-corrected chi connectivity index (χ3v) is 4.19. The van der Waals surface area contributed by atoms with Gasteiger partial charge in [0.1, 0.15) is 28.1 Å². The molecular weight excluding hydrogens is 324 g/mol. The van der Waals surface area contributed by atoms with Crippen LogP contribution in [0.1, 0.15) is 10.4 Å². The van der Waals surface area contributed by atoms with Gasteiger partial charge >= 0.3 is 5.97 Å². The van der Waals surface area contributed by atoms with Crippen LogP contribution in [0.3, 0.4) is 0 Å². The molecule has 1 aromatic carbocycles. The van der Waals surface area contributed by atoms with Gasteiger partial charge in [0.25, 0.3) is 9.05 Å². The second-order valence-corrected chi connectivity index (χ2v) is 6.74. The Kier molecular flexibility index (Phi) is 4.60. The molecule has 1 fully saturated rings. The third-order valence-electron chi connectivity index (χ3n) is 2.85. The molecule has 0 aliphatic carbocycles. The van der Waals surface area contributed by atoms with Gasteiger partial charge in [0, 0.05) is 16.7 Å². The summed E-state index contributed by atoms with van der Waals surface area (Å²) in [6.45, 7) is 0.621. The standard InChI is InChI=1S/C12H13ClO7S/c1-17-9-4-10(18-2)11(21(13,15)16)3-8(9)12(14)20-7-5-19-6-7/h3-4,7H,5-6H2,1-2H3. The van der Waals surface area contributed by atoms with Crippen LogP contribution in [0, 0.1) is 0 Å². The molecule has 116 valence electrons. The highest BCUT2D eigenvalue weighted by molar-refractivity contribution is 8.13. The lowest BCUT2D eigenvalue weighted by atomic mass is 10.2. The van der Waals surface area contributed by atoms with E-state index in [0.29, 0.717) is 13.2 Å². The molecule has 2 rings (SSSR count). The molecule has 1 heterocycles. The summed E-state index contributed by atoms with van der Waals surface area (Å²) in [5.41, 5.74) is -0.0515. The highest BCUT2D eigenvalue weighted by Crippen LogP contribution is 2.34. The Hall–Kier alpha value is -1.51. The topological polar surface area (TPSA) is 88.1 Å². The van der Waals surface area contributed by atoms with E-state index >= 15 is 0 Å². The number of hydrogen-bond donors (Lipinski definition) is 0. The number of hydrogen-bond acceptors (Lipinski definition) is 7. The van der Waals surface area contributed by atoms with Crippen molar-refractivity contribution in [2.45, 2.75) is 11.0 Å². The van der Waals surface area contributed by atoms with Gasteiger partial charge in [0.2, 0.25) is 0 Å². The van der Waals surface area contributed by atoms with Crippen LogP contribution in [0.2, 0.25) is 0 Å². The van der Waals surface area contributed by atoms with Gasteiger partial charge in [0.15, 0.2) is 0 Å². The molecule has 1 aliphatic heterocycles. The second-order valence-electron chi connectivity index (χ2n) is 4.21. The molecule has 1 saturated heterocycles. The van der Waals surface area contributed by atoms with Crippen molar-refractivity contribution in [3.8, 4) is 11.5 Å². The van der Waals surface area contributed by atoms with E-state index in [1.165, 1.54) is 20.3 Å². The predicted molar refractivity (Wildman–Crippen MR) is 72.6 cm³/mol. The molecule has 0 N–H and O–H groups in total. The molecular formula is C12H13ClO7S. The molecule has 0 saturated carbocycles. The van der Waals surface area contributed by atoms with Gasteiger partial charge in [-0.1, -0.05) is 0 Å². The number of halogens is 1. The van der Waals surface area contributed by atoms with Crippen LogP contribution >= 0.6 is 10.7 Å². The zero-order valence-corrected chi connectivity index (χ0v) is 12.9. The van der Waals surface area contributed by atoms with Crippen molar-refractivity contribution < 1.29 is 32.2 Å². The summed E-state index contributed by atoms with van der Waals surface area (Å²) in [6.07, 6.45) is -0.347. The summed E-state index contributed by atoms with van der Waals surface area (Å²) in [7, 11) is 3.87. The molecule has 9 heteroatoms. The van der Waals surface area contributed by atoms with Gasteiger partial charge in [0.05, 0.1) is 27.4 Å². The highest BCUT2D eigenvalue weighted by Gasteiger charge is 2.28. The van der Waals surface area contributed by atoms with Crippen LogP contribution in [-0.2, 0) is 18.5 Å². The van der Waals surface area contributed by atoms with Gasteiger partial charge in [-0.3, -0.25) is 0 Å². The summed E-state index contributed by atoms with van der Waals surface area (Å²) in [4.78, 5) is 11.7. The number of esters is 1. The minimum Gasteiger partial charge on any atom is -0.496 e. The van der Waals surface area contributed by atoms with E-state index in [1.807, 2.05) is 0 Å². The molecule has 0 bridgehead atoms. The van der Waals surface area contributed by atoms with Crippen LogP contribution in [0.25, 0.3) is 0 Å². The third kappa shape index (κ3) is 3.39. The van der Waals surface area contributed by atoms with Gasteiger partial charge in [-0.15, -0.1) is 0 Å². The van der Waals surface area contributed by atoms with Crippen LogP contribution in [0.15, 0.2) is 17.0 Å². The number of rotatable bonds is 5. The SMILES string of the molecule is COc1cc(OC)c(S(=O)(=O)Cl)cc1C(=O)OC1COC1. The number of carbonyl (C=O) groups is 1. The van der Waals surface area contributed by atoms with Crippen molar-refractivity contribution in [3.05, 3.63) is 17.7 Å². The predicted octanol–water partition coefficient (Wildman–Crippen LogP) is 1.19. The summed E-state index contributed by atoms with van der Waals surface area (Å²) in [5, 5.41) is 0. The molecule has 0 radical (unpaired) electrons. The number of methoxy groups -OCH3 is 2. The largest absolute Gasteiger partial charge is 0.496 e. The molecule has 0 unspecified atom stereocenters. The smallest absolute Gasteiger partial charge is 0.342 e. The zero-order chi connectivity index (χ0) is 15.6. The summed E-state index contributed by atoms with van der Waals surface area (Å²) in [6, 6.07) is 2.34. The normalized spacial score (nSPS) is 15.2. The van der Waals surface area contributed by atoms with Crippen LogP contribution < -0.4 is 9.47 Å². The zero-order valence-electron chi connectivity index (χ0n) is 11.3. The van der Waals surface area contributed by atoms with Crippen molar-refractivity contribution in [2.24, 2.45) is 0 Å². The Labute approximate surface area is 126 Å². The number of ether oxygens (including phenoxy) is 4. The van der Waals surface area contributed by atoms with E-state index < -0.39 is 15.0 Å². The average Bonchev–Trinajstić information content (AvgIpc) is 2.39. The van der Waals surface area contributed by atoms with E-state index in [9.17, 15) is 13.2 Å². The first kappa shape index (κ1) is 15.9. The fourth-order valence-corrected chi connectivity index (χ4v) is 2.72. The van der Waals surface area contributed by atoms with E-state index in [4.69, 9.17) is 29.6 Å². The lowest BCUT2D eigenvalue weighted by molar-refractivity contribution is -0.103. The molecule has 0 aromatic heterocycles. The van der Waals surface area contributed by atoms with E-state index in [2.05, 4.69) is 0 Å². The minimum atomic E-state index is -4.09. The maximum Gasteiger partial charge on any atom is 0.342 e. The first-order valence-corrected chi connectivity index (χ1v) is 8.17. The molecule has 0 atom stereocenters. The Morgan fingerprint density at radius 1 is 1.24 bits per heavy atom. The molecule has 1 aromatic rings. The minimum absolute atomic E-state index is 0.0228. The van der Waals surface area contributed by atoms with E-state index in [-0.39, 0.29) is 28.1 Å². The summed E-state index contributed by atoms with van der Waals surface area (Å²) < 4.78 is 43.1. The highest BCUT2D eigenvalue weighted by atomic mass is 35.7. The summed E-state index contributed by atoms with van der Waals surface area (Å²) in [5.74, 6) is -0.615. The Morgan fingerprint density at radius 3 is 2.29 bits per heavy atom. The summed E-state index contributed by atoms with van der Waals surface area (Å²) >= 11 is 0. The monoisotopic (exact) mass is 336 g/mol. The Morgan fingerprint density at radius 2 is 1.86 bits per heavy atom. The molecule has 7 nitrogen and oxygen atoms in total.